The van der Waals surface area contributed by atoms with Crippen LogP contribution in [-0.4, -0.2) is 16.3 Å². The average molecular weight is 595 g/mol. The number of hydrogen-bond donors (Lipinski definition) is 0. The number of para-hydroxylation sites is 1. The van der Waals surface area contributed by atoms with E-state index < -0.39 is 5.41 Å². The zero-order valence-corrected chi connectivity index (χ0v) is 25.8. The molecule has 1 aromatic heterocycles. The molecule has 0 amide bonds. The fraction of sp³-hybridized carbons (Fsp3) is 0.143. The maximum atomic E-state index is 9.69. The number of rotatable bonds is 4. The molecule has 0 spiro atoms. The number of furan rings is 1. The molecule has 4 aliphatic rings. The summed E-state index contributed by atoms with van der Waals surface area (Å²) in [5.41, 5.74) is 10.5. The zero-order chi connectivity index (χ0) is 31.0. The largest absolute Gasteiger partial charge is 0.456 e. The Bertz CT molecular complexity index is 2340. The average Bonchev–Trinajstić information content (AvgIpc) is 3.56. The maximum absolute atomic E-state index is 9.69. The van der Waals surface area contributed by atoms with Crippen molar-refractivity contribution in [1.29, 1.82) is 5.26 Å². The van der Waals surface area contributed by atoms with E-state index in [0.29, 0.717) is 6.42 Å². The molecule has 220 valence electrons. The Balaban J connectivity index is 1.20. The SMILES string of the molecule is CC1(C#N)C=CC(C2=[N+](c3cccc(N4c5cc6c(cc5C5(C)C=CC=CC45)oc4ccccc46)c3)C(c3ccccc3)=C2)=CC1. The van der Waals surface area contributed by atoms with Gasteiger partial charge in [-0.1, -0.05) is 85.0 Å². The van der Waals surface area contributed by atoms with Crippen molar-refractivity contribution in [1.82, 2.24) is 0 Å². The van der Waals surface area contributed by atoms with E-state index in [4.69, 9.17) is 4.42 Å². The van der Waals surface area contributed by atoms with Gasteiger partial charge in [-0.2, -0.15) is 9.84 Å². The quantitative estimate of drug-likeness (QED) is 0.195. The molecule has 46 heavy (non-hydrogen) atoms. The lowest BCUT2D eigenvalue weighted by molar-refractivity contribution is -0.341. The van der Waals surface area contributed by atoms with Crippen molar-refractivity contribution < 1.29 is 8.99 Å². The van der Waals surface area contributed by atoms with Crippen LogP contribution in [-0.2, 0) is 5.41 Å². The Morgan fingerprint density at radius 3 is 2.54 bits per heavy atom. The van der Waals surface area contributed by atoms with Crippen LogP contribution < -0.4 is 4.90 Å². The summed E-state index contributed by atoms with van der Waals surface area (Å²) in [7, 11) is 0. The van der Waals surface area contributed by atoms with Gasteiger partial charge in [0.25, 0.3) is 0 Å². The van der Waals surface area contributed by atoms with Crippen molar-refractivity contribution in [3.63, 3.8) is 0 Å². The van der Waals surface area contributed by atoms with Crippen molar-refractivity contribution in [2.45, 2.75) is 31.7 Å². The molecule has 2 aliphatic heterocycles. The Kier molecular flexibility index (Phi) is 5.62. The smallest absolute Gasteiger partial charge is 0.225 e. The van der Waals surface area contributed by atoms with Crippen LogP contribution in [0, 0.1) is 16.7 Å². The van der Waals surface area contributed by atoms with E-state index >= 15 is 0 Å². The second-order valence-corrected chi connectivity index (χ2v) is 13.2. The maximum Gasteiger partial charge on any atom is 0.225 e. The molecule has 0 radical (unpaired) electrons. The summed E-state index contributed by atoms with van der Waals surface area (Å²) in [6.07, 6.45) is 18.3. The minimum Gasteiger partial charge on any atom is -0.456 e. The van der Waals surface area contributed by atoms with E-state index in [1.54, 1.807) is 0 Å². The third-order valence-electron chi connectivity index (χ3n) is 10.2. The van der Waals surface area contributed by atoms with E-state index in [2.05, 4.69) is 144 Å². The third-order valence-corrected chi connectivity index (χ3v) is 10.2. The molecule has 3 unspecified atom stereocenters. The second-order valence-electron chi connectivity index (χ2n) is 13.2. The van der Waals surface area contributed by atoms with Crippen LogP contribution in [0.2, 0.25) is 0 Å². The minimum atomic E-state index is -0.464. The Hall–Kier alpha value is -5.66. The molecule has 5 aromatic rings. The highest BCUT2D eigenvalue weighted by atomic mass is 16.3. The Morgan fingerprint density at radius 2 is 1.72 bits per heavy atom. The van der Waals surface area contributed by atoms with Gasteiger partial charge in [-0.15, -0.1) is 0 Å². The first-order chi connectivity index (χ1) is 22.5. The normalized spacial score (nSPS) is 24.5. The molecule has 4 heteroatoms. The van der Waals surface area contributed by atoms with Gasteiger partial charge in [0.2, 0.25) is 17.1 Å². The van der Waals surface area contributed by atoms with Crippen LogP contribution in [0.4, 0.5) is 17.1 Å². The number of benzene rings is 4. The van der Waals surface area contributed by atoms with Crippen LogP contribution in [0.25, 0.3) is 27.6 Å². The minimum absolute atomic E-state index is 0.122. The lowest BCUT2D eigenvalue weighted by Gasteiger charge is -2.34. The van der Waals surface area contributed by atoms with Crippen LogP contribution >= 0.6 is 0 Å². The summed E-state index contributed by atoms with van der Waals surface area (Å²) in [5.74, 6) is 0. The second kappa shape index (κ2) is 9.67. The van der Waals surface area contributed by atoms with E-state index in [1.807, 2.05) is 25.1 Å². The van der Waals surface area contributed by atoms with Crippen molar-refractivity contribution in [2.75, 3.05) is 4.90 Å². The topological polar surface area (TPSA) is 43.2 Å². The number of nitriles is 1. The first-order valence-electron chi connectivity index (χ1n) is 15.9. The molecule has 3 atom stereocenters. The highest BCUT2D eigenvalue weighted by molar-refractivity contribution is 6.15. The lowest BCUT2D eigenvalue weighted by atomic mass is 9.76. The number of hydrogen-bond acceptors (Lipinski definition) is 3. The monoisotopic (exact) mass is 594 g/mol. The Labute approximate surface area is 268 Å². The van der Waals surface area contributed by atoms with Crippen molar-refractivity contribution in [3.8, 4) is 6.07 Å². The van der Waals surface area contributed by atoms with Crippen LogP contribution in [0.15, 0.2) is 150 Å². The van der Waals surface area contributed by atoms with Gasteiger partial charge in [0.1, 0.15) is 11.2 Å². The first-order valence-corrected chi connectivity index (χ1v) is 15.9. The number of anilines is 2. The molecule has 4 aromatic carbocycles. The first kappa shape index (κ1) is 26.7. The van der Waals surface area contributed by atoms with Crippen molar-refractivity contribution >= 4 is 50.4 Å². The highest BCUT2D eigenvalue weighted by Gasteiger charge is 2.47. The van der Waals surface area contributed by atoms with Gasteiger partial charge in [0.15, 0.2) is 0 Å². The van der Waals surface area contributed by atoms with Gasteiger partial charge >= 0.3 is 0 Å². The molecule has 4 nitrogen and oxygen atoms in total. The third kappa shape index (κ3) is 3.82. The highest BCUT2D eigenvalue weighted by Crippen LogP contribution is 2.53. The van der Waals surface area contributed by atoms with Gasteiger partial charge in [0, 0.05) is 50.8 Å². The summed E-state index contributed by atoms with van der Waals surface area (Å²) in [4.78, 5) is 2.50. The van der Waals surface area contributed by atoms with Crippen LogP contribution in [0.5, 0.6) is 0 Å². The number of nitrogens with zero attached hydrogens (tertiary/aromatic N) is 3. The van der Waals surface area contributed by atoms with Gasteiger partial charge in [-0.25, -0.2) is 0 Å². The van der Waals surface area contributed by atoms with Crippen LogP contribution in [0.3, 0.4) is 0 Å². The summed E-state index contributed by atoms with van der Waals surface area (Å²) in [5, 5.41) is 12.0. The molecule has 3 heterocycles. The summed E-state index contributed by atoms with van der Waals surface area (Å²) >= 11 is 0. The van der Waals surface area contributed by atoms with Crippen molar-refractivity contribution in [2.24, 2.45) is 5.41 Å². The van der Waals surface area contributed by atoms with Gasteiger partial charge in [0.05, 0.1) is 23.6 Å². The molecular formula is C42H32N3O+. The molecule has 9 rings (SSSR count). The summed E-state index contributed by atoms with van der Waals surface area (Å²) in [6.45, 7) is 4.33. The number of fused-ring (bicyclic) bond motifs is 6. The predicted molar refractivity (Wildman–Crippen MR) is 187 cm³/mol. The van der Waals surface area contributed by atoms with E-state index in [-0.39, 0.29) is 11.5 Å². The van der Waals surface area contributed by atoms with Gasteiger partial charge in [-0.3, -0.25) is 0 Å². The summed E-state index contributed by atoms with van der Waals surface area (Å²) < 4.78 is 8.72. The predicted octanol–water partition coefficient (Wildman–Crippen LogP) is 10.0. The van der Waals surface area contributed by atoms with Crippen molar-refractivity contribution in [3.05, 3.63) is 156 Å². The number of allylic oxidation sites excluding steroid dienone is 7. The molecular weight excluding hydrogens is 562 g/mol. The van der Waals surface area contributed by atoms with Crippen LogP contribution in [0.1, 0.15) is 31.4 Å². The van der Waals surface area contributed by atoms with Gasteiger partial charge in [-0.05, 0) is 62.2 Å². The molecule has 0 bridgehead atoms. The molecule has 0 N–H and O–H groups in total. The van der Waals surface area contributed by atoms with E-state index in [1.165, 1.54) is 16.8 Å². The Morgan fingerprint density at radius 1 is 0.870 bits per heavy atom. The molecule has 0 fully saturated rings. The zero-order valence-electron chi connectivity index (χ0n) is 25.8. The standard InChI is InChI=1S/C42H32N3O/c1-41(27-43)21-18-29(19-22-41)36-26-35(28-11-4-3-5-12-28)44(36)30-13-10-14-31(23-30)45-37-24-33-32-15-6-7-16-38(32)46-39(33)25-34(37)42(2)20-9-8-17-40(42)45/h3-21,23-26,40H,22H2,1-2H3/q+1. The molecule has 0 saturated carbocycles. The fourth-order valence-corrected chi connectivity index (χ4v) is 7.59. The fourth-order valence-electron chi connectivity index (χ4n) is 7.59. The van der Waals surface area contributed by atoms with E-state index in [9.17, 15) is 5.26 Å². The van der Waals surface area contributed by atoms with E-state index in [0.717, 1.165) is 50.3 Å². The summed E-state index contributed by atoms with van der Waals surface area (Å²) in [6, 6.07) is 35.0. The van der Waals surface area contributed by atoms with Gasteiger partial charge < -0.3 is 9.32 Å². The molecule has 2 aliphatic carbocycles. The molecule has 0 saturated heterocycles. The lowest BCUT2D eigenvalue weighted by Crippen LogP contribution is -2.39.